The standard InChI is InChI=1S/C18H22N6O/c1-23-10-14(9-20-23)11-24-6-5-18(13-24)7-16(12-25-18)22-17-4-2-3-15(8-19)21-17/h2-4,9-10,16H,5-7,11-13H2,1H3,(H,21,22)/t16-,18+/m1/s1. The number of pyridine rings is 1. The van der Waals surface area contributed by atoms with Crippen molar-refractivity contribution >= 4 is 5.82 Å². The van der Waals surface area contributed by atoms with Gasteiger partial charge in [0.2, 0.25) is 0 Å². The average molecular weight is 338 g/mol. The minimum absolute atomic E-state index is 0.0628. The number of likely N-dealkylation sites (tertiary alicyclic amines) is 1. The maximum absolute atomic E-state index is 8.97. The third-order valence-electron chi connectivity index (χ3n) is 4.98. The van der Waals surface area contributed by atoms with Gasteiger partial charge in [-0.2, -0.15) is 10.4 Å². The summed E-state index contributed by atoms with van der Waals surface area (Å²) in [5.74, 6) is 0.745. The van der Waals surface area contributed by atoms with Gasteiger partial charge in [-0.15, -0.1) is 0 Å². The molecular formula is C18H22N6O. The van der Waals surface area contributed by atoms with Crippen LogP contribution in [0.1, 0.15) is 24.1 Å². The van der Waals surface area contributed by atoms with Gasteiger partial charge in [-0.05, 0) is 18.6 Å². The summed E-state index contributed by atoms with van der Waals surface area (Å²) in [5.41, 5.74) is 1.61. The maximum atomic E-state index is 8.97. The number of hydrogen-bond donors (Lipinski definition) is 1. The van der Waals surface area contributed by atoms with Crippen LogP contribution in [0.15, 0.2) is 30.6 Å². The maximum Gasteiger partial charge on any atom is 0.142 e. The number of anilines is 1. The van der Waals surface area contributed by atoms with E-state index in [0.29, 0.717) is 12.3 Å². The van der Waals surface area contributed by atoms with Crippen molar-refractivity contribution in [3.8, 4) is 6.07 Å². The molecule has 0 amide bonds. The molecule has 0 unspecified atom stereocenters. The molecule has 130 valence electrons. The highest BCUT2D eigenvalue weighted by molar-refractivity contribution is 5.39. The highest BCUT2D eigenvalue weighted by Gasteiger charge is 2.45. The Morgan fingerprint density at radius 1 is 1.48 bits per heavy atom. The summed E-state index contributed by atoms with van der Waals surface area (Å²) in [5, 5.41) is 16.6. The van der Waals surface area contributed by atoms with Crippen LogP contribution < -0.4 is 5.32 Å². The molecular weight excluding hydrogens is 316 g/mol. The molecule has 4 rings (SSSR count). The van der Waals surface area contributed by atoms with Crippen LogP contribution in [0.3, 0.4) is 0 Å². The van der Waals surface area contributed by atoms with E-state index in [1.165, 1.54) is 5.56 Å². The van der Waals surface area contributed by atoms with E-state index in [-0.39, 0.29) is 11.6 Å². The lowest BCUT2D eigenvalue weighted by molar-refractivity contribution is 0.0120. The van der Waals surface area contributed by atoms with Crippen LogP contribution in [0, 0.1) is 11.3 Å². The number of nitrogens with one attached hydrogen (secondary N) is 1. The van der Waals surface area contributed by atoms with Crippen LogP contribution in [0.4, 0.5) is 5.82 Å². The van der Waals surface area contributed by atoms with E-state index in [2.05, 4.69) is 32.6 Å². The van der Waals surface area contributed by atoms with Crippen LogP contribution in [0.5, 0.6) is 0 Å². The van der Waals surface area contributed by atoms with Gasteiger partial charge in [-0.25, -0.2) is 4.98 Å². The molecule has 0 aliphatic carbocycles. The number of nitrogens with zero attached hydrogens (tertiary/aromatic N) is 5. The molecule has 2 saturated heterocycles. The van der Waals surface area contributed by atoms with E-state index in [0.717, 1.165) is 38.3 Å². The summed E-state index contributed by atoms with van der Waals surface area (Å²) in [4.78, 5) is 6.73. The van der Waals surface area contributed by atoms with Crippen molar-refractivity contribution in [2.75, 3.05) is 25.0 Å². The van der Waals surface area contributed by atoms with E-state index in [4.69, 9.17) is 10.00 Å². The fourth-order valence-corrected chi connectivity index (χ4v) is 3.88. The van der Waals surface area contributed by atoms with Gasteiger partial charge in [0.25, 0.3) is 0 Å². The zero-order chi connectivity index (χ0) is 17.3. The molecule has 2 aliphatic heterocycles. The molecule has 0 bridgehead atoms. The van der Waals surface area contributed by atoms with Crippen LogP contribution in [0.2, 0.25) is 0 Å². The number of hydrogen-bond acceptors (Lipinski definition) is 6. The third-order valence-corrected chi connectivity index (χ3v) is 4.98. The van der Waals surface area contributed by atoms with Crippen molar-refractivity contribution in [2.24, 2.45) is 7.05 Å². The molecule has 0 aromatic carbocycles. The summed E-state index contributed by atoms with van der Waals surface area (Å²) in [7, 11) is 1.95. The molecule has 2 aromatic heterocycles. The number of rotatable bonds is 4. The smallest absolute Gasteiger partial charge is 0.142 e. The lowest BCUT2D eigenvalue weighted by Gasteiger charge is -2.23. The van der Waals surface area contributed by atoms with Gasteiger partial charge in [0.1, 0.15) is 17.6 Å². The Kier molecular flexibility index (Phi) is 4.15. The predicted octanol–water partition coefficient (Wildman–Crippen LogP) is 1.53. The number of ether oxygens (including phenoxy) is 1. The van der Waals surface area contributed by atoms with Crippen LogP contribution in [-0.4, -0.2) is 51.0 Å². The Hall–Kier alpha value is -2.43. The van der Waals surface area contributed by atoms with Crippen molar-refractivity contribution < 1.29 is 4.74 Å². The second-order valence-corrected chi connectivity index (χ2v) is 7.04. The molecule has 2 atom stereocenters. The first-order valence-corrected chi connectivity index (χ1v) is 8.62. The van der Waals surface area contributed by atoms with E-state index >= 15 is 0 Å². The van der Waals surface area contributed by atoms with Gasteiger partial charge in [-0.1, -0.05) is 6.07 Å². The number of aromatic nitrogens is 3. The molecule has 0 radical (unpaired) electrons. The SMILES string of the molecule is Cn1cc(CN2CC[C@]3(C[C@@H](Nc4cccc(C#N)n4)CO3)C2)cn1. The molecule has 1 spiro atoms. The van der Waals surface area contributed by atoms with Crippen molar-refractivity contribution in [1.29, 1.82) is 5.26 Å². The molecule has 7 nitrogen and oxygen atoms in total. The normalized spacial score (nSPS) is 26.2. The Labute approximate surface area is 147 Å². The predicted molar refractivity (Wildman–Crippen MR) is 92.8 cm³/mol. The summed E-state index contributed by atoms with van der Waals surface area (Å²) >= 11 is 0. The topological polar surface area (TPSA) is 79.0 Å². The second-order valence-electron chi connectivity index (χ2n) is 7.04. The molecule has 2 aromatic rings. The molecule has 4 heterocycles. The number of aryl methyl sites for hydroxylation is 1. The van der Waals surface area contributed by atoms with Crippen molar-refractivity contribution in [2.45, 2.75) is 31.0 Å². The Balaban J connectivity index is 1.35. The fourth-order valence-electron chi connectivity index (χ4n) is 3.88. The largest absolute Gasteiger partial charge is 0.371 e. The Morgan fingerprint density at radius 2 is 2.40 bits per heavy atom. The molecule has 7 heteroatoms. The summed E-state index contributed by atoms with van der Waals surface area (Å²) in [6.07, 6.45) is 6.02. The first-order valence-electron chi connectivity index (χ1n) is 8.62. The van der Waals surface area contributed by atoms with Crippen LogP contribution in [-0.2, 0) is 18.3 Å². The van der Waals surface area contributed by atoms with E-state index < -0.39 is 0 Å². The Morgan fingerprint density at radius 3 is 3.20 bits per heavy atom. The zero-order valence-corrected chi connectivity index (χ0v) is 14.4. The summed E-state index contributed by atoms with van der Waals surface area (Å²) in [6.45, 7) is 3.59. The van der Waals surface area contributed by atoms with Crippen LogP contribution >= 0.6 is 0 Å². The summed E-state index contributed by atoms with van der Waals surface area (Å²) < 4.78 is 8.04. The monoisotopic (exact) mass is 338 g/mol. The molecule has 25 heavy (non-hydrogen) atoms. The van der Waals surface area contributed by atoms with E-state index in [9.17, 15) is 0 Å². The molecule has 1 N–H and O–H groups in total. The quantitative estimate of drug-likeness (QED) is 0.911. The lowest BCUT2D eigenvalue weighted by atomic mass is 9.97. The highest BCUT2D eigenvalue weighted by Crippen LogP contribution is 2.36. The van der Waals surface area contributed by atoms with E-state index in [1.54, 1.807) is 6.07 Å². The molecule has 2 fully saturated rings. The van der Waals surface area contributed by atoms with Gasteiger partial charge in [0.05, 0.1) is 24.4 Å². The molecule has 0 saturated carbocycles. The van der Waals surface area contributed by atoms with Gasteiger partial charge < -0.3 is 10.1 Å². The minimum atomic E-state index is -0.0628. The number of nitriles is 1. The third kappa shape index (κ3) is 3.50. The van der Waals surface area contributed by atoms with Crippen molar-refractivity contribution in [3.05, 3.63) is 41.9 Å². The van der Waals surface area contributed by atoms with Crippen molar-refractivity contribution in [1.82, 2.24) is 19.7 Å². The highest BCUT2D eigenvalue weighted by atomic mass is 16.5. The van der Waals surface area contributed by atoms with Crippen LogP contribution in [0.25, 0.3) is 0 Å². The van der Waals surface area contributed by atoms with Gasteiger partial charge in [0.15, 0.2) is 0 Å². The van der Waals surface area contributed by atoms with Gasteiger partial charge >= 0.3 is 0 Å². The second kappa shape index (κ2) is 6.47. The van der Waals surface area contributed by atoms with Gasteiger partial charge in [0, 0.05) is 44.9 Å². The first-order chi connectivity index (χ1) is 12.1. The minimum Gasteiger partial charge on any atom is -0.371 e. The van der Waals surface area contributed by atoms with Gasteiger partial charge in [-0.3, -0.25) is 9.58 Å². The summed E-state index contributed by atoms with van der Waals surface area (Å²) in [6, 6.07) is 7.77. The Bertz CT molecular complexity index is 797. The lowest BCUT2D eigenvalue weighted by Crippen LogP contribution is -2.33. The van der Waals surface area contributed by atoms with Crippen molar-refractivity contribution in [3.63, 3.8) is 0 Å². The average Bonchev–Trinajstić information content (AvgIpc) is 3.31. The first kappa shape index (κ1) is 16.1. The fraction of sp³-hybridized carbons (Fsp3) is 0.500. The zero-order valence-electron chi connectivity index (χ0n) is 14.4. The van der Waals surface area contributed by atoms with E-state index in [1.807, 2.05) is 30.1 Å². The molecule has 2 aliphatic rings.